The summed E-state index contributed by atoms with van der Waals surface area (Å²) in [7, 11) is 0. The first-order valence-corrected chi connectivity index (χ1v) is 9.11. The van der Waals surface area contributed by atoms with Crippen molar-refractivity contribution < 1.29 is 4.79 Å². The van der Waals surface area contributed by atoms with Gasteiger partial charge in [-0.2, -0.15) is 0 Å². The minimum atomic E-state index is 0.283. The molecule has 3 aliphatic rings. The molecule has 5 heteroatoms. The van der Waals surface area contributed by atoms with Gasteiger partial charge in [0, 0.05) is 30.5 Å². The van der Waals surface area contributed by atoms with Crippen molar-refractivity contribution in [3.05, 3.63) is 36.2 Å². The highest BCUT2D eigenvalue weighted by Crippen LogP contribution is 2.37. The summed E-state index contributed by atoms with van der Waals surface area (Å²) in [6, 6.07) is 10.9. The first-order valence-electron chi connectivity index (χ1n) is 9.11. The topological polar surface area (TPSA) is 51.0 Å². The first kappa shape index (κ1) is 14.2. The highest BCUT2D eigenvalue weighted by atomic mass is 16.2. The van der Waals surface area contributed by atoms with E-state index in [-0.39, 0.29) is 5.92 Å². The molecule has 2 unspecified atom stereocenters. The van der Waals surface area contributed by atoms with Crippen molar-refractivity contribution in [2.24, 2.45) is 5.92 Å². The lowest BCUT2D eigenvalue weighted by Crippen LogP contribution is -2.46. The predicted molar refractivity (Wildman–Crippen MR) is 90.2 cm³/mol. The summed E-state index contributed by atoms with van der Waals surface area (Å²) in [6.07, 6.45) is 6.43. The fourth-order valence-electron chi connectivity index (χ4n) is 4.47. The van der Waals surface area contributed by atoms with Gasteiger partial charge in [0.25, 0.3) is 0 Å². The second-order valence-electron chi connectivity index (χ2n) is 7.38. The van der Waals surface area contributed by atoms with Crippen molar-refractivity contribution in [1.82, 2.24) is 19.7 Å². The van der Waals surface area contributed by atoms with E-state index in [9.17, 15) is 4.79 Å². The third-order valence-electron chi connectivity index (χ3n) is 6.00. The molecule has 0 N–H and O–H groups in total. The van der Waals surface area contributed by atoms with E-state index in [2.05, 4.69) is 31.8 Å². The highest BCUT2D eigenvalue weighted by Gasteiger charge is 2.43. The van der Waals surface area contributed by atoms with Crippen molar-refractivity contribution in [3.63, 3.8) is 0 Å². The Morgan fingerprint density at radius 1 is 1.00 bits per heavy atom. The Hall–Kier alpha value is -2.17. The summed E-state index contributed by atoms with van der Waals surface area (Å²) in [6.45, 7) is 0.835. The maximum atomic E-state index is 12.9. The maximum Gasteiger partial charge on any atom is 0.226 e. The minimum Gasteiger partial charge on any atom is -0.334 e. The van der Waals surface area contributed by atoms with Crippen molar-refractivity contribution in [2.45, 2.75) is 57.2 Å². The van der Waals surface area contributed by atoms with Gasteiger partial charge in [0.05, 0.1) is 6.04 Å². The van der Waals surface area contributed by atoms with Crippen LogP contribution in [0.5, 0.6) is 0 Å². The fourth-order valence-corrected chi connectivity index (χ4v) is 4.47. The Balaban J connectivity index is 1.49. The summed E-state index contributed by atoms with van der Waals surface area (Å²) in [5.74, 6) is 2.65. The van der Waals surface area contributed by atoms with Gasteiger partial charge in [0.2, 0.25) is 5.91 Å². The number of hydrogen-bond acceptors (Lipinski definition) is 3. The Labute approximate surface area is 141 Å². The van der Waals surface area contributed by atoms with Crippen LogP contribution in [-0.4, -0.2) is 37.7 Å². The zero-order valence-electron chi connectivity index (χ0n) is 13.8. The molecule has 3 heterocycles. The average molecular weight is 322 g/mol. The summed E-state index contributed by atoms with van der Waals surface area (Å²) in [5, 5.41) is 8.91. The SMILES string of the molecule is O=C(C1CCC1)N1C2CCC1Cn1c(nnc1-c1ccccc1)C2. The Morgan fingerprint density at radius 3 is 2.54 bits per heavy atom. The van der Waals surface area contributed by atoms with Crippen LogP contribution in [0.1, 0.15) is 37.9 Å². The molecule has 0 radical (unpaired) electrons. The lowest BCUT2D eigenvalue weighted by Gasteiger charge is -2.35. The number of aromatic nitrogens is 3. The van der Waals surface area contributed by atoms with Crippen LogP contribution in [-0.2, 0) is 17.8 Å². The standard InChI is InChI=1S/C19H22N4O/c24-19(14-7-4-8-14)23-15-9-10-16(23)12-22-17(11-15)20-21-18(22)13-5-2-1-3-6-13/h1-3,5-6,14-16H,4,7-12H2. The average Bonchev–Trinajstić information content (AvgIpc) is 3.06. The summed E-state index contributed by atoms with van der Waals surface area (Å²) in [4.78, 5) is 15.1. The number of amides is 1. The molecule has 2 atom stereocenters. The molecule has 1 aromatic carbocycles. The lowest BCUT2D eigenvalue weighted by atomic mass is 9.84. The molecular weight excluding hydrogens is 300 g/mol. The zero-order chi connectivity index (χ0) is 16.1. The monoisotopic (exact) mass is 322 g/mol. The first-order chi connectivity index (χ1) is 11.8. The smallest absolute Gasteiger partial charge is 0.226 e. The highest BCUT2D eigenvalue weighted by molar-refractivity contribution is 5.80. The summed E-state index contributed by atoms with van der Waals surface area (Å²) < 4.78 is 2.25. The largest absolute Gasteiger partial charge is 0.334 e. The van der Waals surface area contributed by atoms with Gasteiger partial charge in [0.15, 0.2) is 5.82 Å². The van der Waals surface area contributed by atoms with Crippen LogP contribution < -0.4 is 0 Å². The number of carbonyl (C=O) groups excluding carboxylic acids is 1. The van der Waals surface area contributed by atoms with Gasteiger partial charge in [-0.05, 0) is 25.7 Å². The number of nitrogens with zero attached hydrogens (tertiary/aromatic N) is 4. The van der Waals surface area contributed by atoms with E-state index in [1.165, 1.54) is 6.42 Å². The van der Waals surface area contributed by atoms with Gasteiger partial charge in [-0.25, -0.2) is 0 Å². The second kappa shape index (κ2) is 5.43. The van der Waals surface area contributed by atoms with E-state index >= 15 is 0 Å². The quantitative estimate of drug-likeness (QED) is 0.854. The molecule has 1 saturated carbocycles. The van der Waals surface area contributed by atoms with Crippen LogP contribution >= 0.6 is 0 Å². The normalized spacial score (nSPS) is 25.9. The van der Waals surface area contributed by atoms with Crippen LogP contribution in [0, 0.1) is 5.92 Å². The van der Waals surface area contributed by atoms with E-state index in [1.54, 1.807) is 0 Å². The Morgan fingerprint density at radius 2 is 1.79 bits per heavy atom. The molecule has 5 rings (SSSR count). The van der Waals surface area contributed by atoms with Crippen molar-refractivity contribution >= 4 is 5.91 Å². The van der Waals surface area contributed by atoms with Gasteiger partial charge in [-0.1, -0.05) is 36.8 Å². The molecular formula is C19H22N4O. The van der Waals surface area contributed by atoms with Gasteiger partial charge in [-0.15, -0.1) is 10.2 Å². The fraction of sp³-hybridized carbons (Fsp3) is 0.526. The summed E-state index contributed by atoms with van der Waals surface area (Å²) in [5.41, 5.74) is 1.10. The lowest BCUT2D eigenvalue weighted by molar-refractivity contribution is -0.141. The predicted octanol–water partition coefficient (Wildman–Crippen LogP) is 2.66. The van der Waals surface area contributed by atoms with E-state index in [0.29, 0.717) is 18.0 Å². The van der Waals surface area contributed by atoms with Crippen molar-refractivity contribution in [2.75, 3.05) is 0 Å². The number of hydrogen-bond donors (Lipinski definition) is 0. The van der Waals surface area contributed by atoms with Crippen LogP contribution in [0.4, 0.5) is 0 Å². The van der Waals surface area contributed by atoms with Crippen molar-refractivity contribution in [1.29, 1.82) is 0 Å². The van der Waals surface area contributed by atoms with Gasteiger partial charge < -0.3 is 9.47 Å². The molecule has 2 aromatic rings. The van der Waals surface area contributed by atoms with E-state index in [1.807, 2.05) is 18.2 Å². The van der Waals surface area contributed by atoms with Gasteiger partial charge >= 0.3 is 0 Å². The number of rotatable bonds is 2. The van der Waals surface area contributed by atoms with Crippen LogP contribution in [0.3, 0.4) is 0 Å². The molecule has 2 aliphatic heterocycles. The molecule has 5 nitrogen and oxygen atoms in total. The van der Waals surface area contributed by atoms with E-state index in [0.717, 1.165) is 55.9 Å². The maximum absolute atomic E-state index is 12.9. The number of fused-ring (bicyclic) bond motifs is 3. The van der Waals surface area contributed by atoms with Gasteiger partial charge in [-0.3, -0.25) is 4.79 Å². The number of carbonyl (C=O) groups is 1. The van der Waals surface area contributed by atoms with Crippen LogP contribution in [0.2, 0.25) is 0 Å². The van der Waals surface area contributed by atoms with E-state index in [4.69, 9.17) is 0 Å². The Kier molecular flexibility index (Phi) is 3.21. The molecule has 0 spiro atoms. The molecule has 1 saturated heterocycles. The number of benzene rings is 1. The molecule has 24 heavy (non-hydrogen) atoms. The molecule has 2 bridgehead atoms. The van der Waals surface area contributed by atoms with Crippen LogP contribution in [0.25, 0.3) is 11.4 Å². The molecule has 1 amide bonds. The van der Waals surface area contributed by atoms with E-state index < -0.39 is 0 Å². The third-order valence-corrected chi connectivity index (χ3v) is 6.00. The zero-order valence-corrected chi connectivity index (χ0v) is 13.8. The van der Waals surface area contributed by atoms with Crippen molar-refractivity contribution in [3.8, 4) is 11.4 Å². The minimum absolute atomic E-state index is 0.283. The molecule has 1 aromatic heterocycles. The second-order valence-corrected chi connectivity index (χ2v) is 7.38. The molecule has 124 valence electrons. The van der Waals surface area contributed by atoms with Gasteiger partial charge in [0.1, 0.15) is 5.82 Å². The molecule has 1 aliphatic carbocycles. The Bertz CT molecular complexity index is 765. The summed E-state index contributed by atoms with van der Waals surface area (Å²) >= 11 is 0. The molecule has 2 fully saturated rings. The third kappa shape index (κ3) is 2.10. The van der Waals surface area contributed by atoms with Crippen LogP contribution in [0.15, 0.2) is 30.3 Å².